The van der Waals surface area contributed by atoms with Gasteiger partial charge in [0.25, 0.3) is 0 Å². The highest BCUT2D eigenvalue weighted by Crippen LogP contribution is 2.30. The zero-order valence-electron chi connectivity index (χ0n) is 13.3. The van der Waals surface area contributed by atoms with Gasteiger partial charge in [0.2, 0.25) is 0 Å². The summed E-state index contributed by atoms with van der Waals surface area (Å²) in [7, 11) is 1.74. The van der Waals surface area contributed by atoms with Crippen LogP contribution in [0.2, 0.25) is 0 Å². The van der Waals surface area contributed by atoms with Gasteiger partial charge in [0, 0.05) is 25.4 Å². The summed E-state index contributed by atoms with van der Waals surface area (Å²) in [6, 6.07) is 0.315. The minimum Gasteiger partial charge on any atom is -0.379 e. The van der Waals surface area contributed by atoms with Gasteiger partial charge in [-0.15, -0.1) is 0 Å². The molecule has 3 atom stereocenters. The number of nitrogens with zero attached hydrogens (tertiary/aromatic N) is 2. The lowest BCUT2D eigenvalue weighted by atomic mass is 9.92. The molecule has 0 spiro atoms. The number of hydrogen-bond acceptors (Lipinski definition) is 3. The van der Waals surface area contributed by atoms with Gasteiger partial charge in [0.15, 0.2) is 0 Å². The number of amides is 2. The Morgan fingerprint density at radius 1 is 1.32 bits per heavy atom. The lowest BCUT2D eigenvalue weighted by Crippen LogP contribution is -2.52. The maximum absolute atomic E-state index is 12.8. The number of hydrogen-bond donors (Lipinski definition) is 2. The van der Waals surface area contributed by atoms with Gasteiger partial charge in [-0.05, 0) is 32.1 Å². The molecule has 1 saturated carbocycles. The molecule has 2 amide bonds. The van der Waals surface area contributed by atoms with Crippen molar-refractivity contribution < 1.29 is 9.53 Å². The average molecular weight is 306 g/mol. The molecule has 122 valence electrons. The van der Waals surface area contributed by atoms with Crippen molar-refractivity contribution in [2.75, 3.05) is 13.7 Å². The van der Waals surface area contributed by atoms with Crippen molar-refractivity contribution in [1.82, 2.24) is 20.4 Å². The first kappa shape index (κ1) is 15.3. The first-order valence-corrected chi connectivity index (χ1v) is 8.38. The molecular weight excluding hydrogens is 280 g/mol. The number of carbonyl (C=O) groups is 1. The van der Waals surface area contributed by atoms with Crippen molar-refractivity contribution in [2.45, 2.75) is 63.1 Å². The Balaban J connectivity index is 1.66. The number of likely N-dealkylation sites (tertiary alicyclic amines) is 1. The van der Waals surface area contributed by atoms with Crippen molar-refractivity contribution in [3.8, 4) is 0 Å². The fourth-order valence-electron chi connectivity index (χ4n) is 3.75. The van der Waals surface area contributed by atoms with Gasteiger partial charge in [0.05, 0.1) is 24.4 Å². The first-order chi connectivity index (χ1) is 10.8. The Morgan fingerprint density at radius 3 is 2.91 bits per heavy atom. The van der Waals surface area contributed by atoms with Crippen LogP contribution in [0.15, 0.2) is 12.4 Å². The fraction of sp³-hybridized carbons (Fsp3) is 0.750. The lowest BCUT2D eigenvalue weighted by molar-refractivity contribution is 0.0412. The molecule has 2 fully saturated rings. The number of urea groups is 1. The molecule has 3 rings (SSSR count). The predicted molar refractivity (Wildman–Crippen MR) is 83.5 cm³/mol. The zero-order chi connectivity index (χ0) is 15.4. The van der Waals surface area contributed by atoms with Crippen molar-refractivity contribution in [2.24, 2.45) is 0 Å². The highest BCUT2D eigenvalue weighted by molar-refractivity contribution is 5.75. The van der Waals surface area contributed by atoms with Gasteiger partial charge in [0.1, 0.15) is 0 Å². The summed E-state index contributed by atoms with van der Waals surface area (Å²) >= 11 is 0. The lowest BCUT2D eigenvalue weighted by Gasteiger charge is -2.38. The third kappa shape index (κ3) is 3.27. The van der Waals surface area contributed by atoms with E-state index in [2.05, 4.69) is 15.5 Å². The van der Waals surface area contributed by atoms with Crippen LogP contribution in [0.1, 0.15) is 56.6 Å². The standard InChI is InChI=1S/C16H26N4O2/c1-22-15-8-3-2-6-13(15)19-16(21)20-9-5-4-7-14(20)12-10-17-18-11-12/h10-11,13-15H,2-9H2,1H3,(H,17,18)(H,19,21). The van der Waals surface area contributed by atoms with Crippen LogP contribution in [-0.4, -0.2) is 46.9 Å². The van der Waals surface area contributed by atoms with E-state index in [1.54, 1.807) is 7.11 Å². The Morgan fingerprint density at radius 2 is 2.14 bits per heavy atom. The molecule has 0 aromatic carbocycles. The van der Waals surface area contributed by atoms with Gasteiger partial charge in [-0.3, -0.25) is 5.10 Å². The van der Waals surface area contributed by atoms with Crippen LogP contribution in [0.3, 0.4) is 0 Å². The van der Waals surface area contributed by atoms with Crippen molar-refractivity contribution in [1.29, 1.82) is 0 Å². The van der Waals surface area contributed by atoms with Crippen LogP contribution in [0, 0.1) is 0 Å². The van der Waals surface area contributed by atoms with E-state index < -0.39 is 0 Å². The van der Waals surface area contributed by atoms with Gasteiger partial charge in [-0.1, -0.05) is 12.8 Å². The maximum Gasteiger partial charge on any atom is 0.318 e. The number of H-pyrrole nitrogens is 1. The zero-order valence-corrected chi connectivity index (χ0v) is 13.3. The molecule has 6 heteroatoms. The second kappa shape index (κ2) is 7.13. The van der Waals surface area contributed by atoms with Crippen molar-refractivity contribution in [3.63, 3.8) is 0 Å². The van der Waals surface area contributed by atoms with Crippen LogP contribution >= 0.6 is 0 Å². The number of carbonyl (C=O) groups excluding carboxylic acids is 1. The number of aromatic amines is 1. The fourth-order valence-corrected chi connectivity index (χ4v) is 3.75. The molecule has 22 heavy (non-hydrogen) atoms. The van der Waals surface area contributed by atoms with E-state index in [4.69, 9.17) is 4.74 Å². The third-order valence-corrected chi connectivity index (χ3v) is 4.98. The van der Waals surface area contributed by atoms with Crippen molar-refractivity contribution in [3.05, 3.63) is 18.0 Å². The summed E-state index contributed by atoms with van der Waals surface area (Å²) in [6.07, 6.45) is 11.5. The van der Waals surface area contributed by atoms with E-state index in [-0.39, 0.29) is 24.2 Å². The molecule has 6 nitrogen and oxygen atoms in total. The summed E-state index contributed by atoms with van der Waals surface area (Å²) < 4.78 is 5.54. The first-order valence-electron chi connectivity index (χ1n) is 8.38. The quantitative estimate of drug-likeness (QED) is 0.902. The number of aromatic nitrogens is 2. The molecule has 1 saturated heterocycles. The van der Waals surface area contributed by atoms with E-state index in [1.807, 2.05) is 17.3 Å². The van der Waals surface area contributed by atoms with E-state index in [0.717, 1.165) is 50.6 Å². The smallest absolute Gasteiger partial charge is 0.318 e. The third-order valence-electron chi connectivity index (χ3n) is 4.98. The molecule has 1 aliphatic carbocycles. The molecule has 2 heterocycles. The number of methoxy groups -OCH3 is 1. The van der Waals surface area contributed by atoms with Crippen LogP contribution in [0.5, 0.6) is 0 Å². The van der Waals surface area contributed by atoms with E-state index in [0.29, 0.717) is 0 Å². The van der Waals surface area contributed by atoms with Crippen LogP contribution in [-0.2, 0) is 4.74 Å². The minimum atomic E-state index is 0.0415. The monoisotopic (exact) mass is 306 g/mol. The van der Waals surface area contributed by atoms with E-state index >= 15 is 0 Å². The maximum atomic E-state index is 12.8. The van der Waals surface area contributed by atoms with Crippen LogP contribution < -0.4 is 5.32 Å². The normalized spacial score (nSPS) is 29.3. The Hall–Kier alpha value is -1.56. The molecule has 1 aliphatic heterocycles. The molecule has 2 N–H and O–H groups in total. The molecule has 0 radical (unpaired) electrons. The molecule has 1 aromatic heterocycles. The predicted octanol–water partition coefficient (Wildman–Crippen LogP) is 2.60. The topological polar surface area (TPSA) is 70.2 Å². The Labute approximate surface area is 131 Å². The highest BCUT2D eigenvalue weighted by Gasteiger charge is 2.32. The molecule has 2 aliphatic rings. The highest BCUT2D eigenvalue weighted by atomic mass is 16.5. The van der Waals surface area contributed by atoms with Gasteiger partial charge in [-0.2, -0.15) is 5.10 Å². The van der Waals surface area contributed by atoms with Gasteiger partial charge in [-0.25, -0.2) is 4.79 Å². The summed E-state index contributed by atoms with van der Waals surface area (Å²) in [6.45, 7) is 0.812. The minimum absolute atomic E-state index is 0.0415. The van der Waals surface area contributed by atoms with E-state index in [9.17, 15) is 4.79 Å². The molecule has 0 bridgehead atoms. The van der Waals surface area contributed by atoms with Gasteiger partial charge < -0.3 is 15.0 Å². The number of ether oxygens (including phenoxy) is 1. The average Bonchev–Trinajstić information content (AvgIpc) is 3.09. The molecular formula is C16H26N4O2. The summed E-state index contributed by atoms with van der Waals surface area (Å²) in [5, 5.41) is 10.1. The Kier molecular flexibility index (Phi) is 4.97. The molecule has 3 unspecified atom stereocenters. The van der Waals surface area contributed by atoms with Gasteiger partial charge >= 0.3 is 6.03 Å². The largest absolute Gasteiger partial charge is 0.379 e. The Bertz CT molecular complexity index is 477. The van der Waals surface area contributed by atoms with Crippen molar-refractivity contribution >= 4 is 6.03 Å². The van der Waals surface area contributed by atoms with Crippen LogP contribution in [0.25, 0.3) is 0 Å². The molecule has 1 aromatic rings. The second-order valence-electron chi connectivity index (χ2n) is 6.35. The van der Waals surface area contributed by atoms with Crippen LogP contribution in [0.4, 0.5) is 4.79 Å². The second-order valence-corrected chi connectivity index (χ2v) is 6.35. The van der Waals surface area contributed by atoms with E-state index in [1.165, 1.54) is 6.42 Å². The summed E-state index contributed by atoms with van der Waals surface area (Å²) in [4.78, 5) is 14.7. The summed E-state index contributed by atoms with van der Waals surface area (Å²) in [5.41, 5.74) is 1.10. The number of nitrogens with one attached hydrogen (secondary N) is 2. The SMILES string of the molecule is COC1CCCCC1NC(=O)N1CCCCC1c1cn[nH]c1. The number of rotatable bonds is 3. The number of piperidine rings is 1. The summed E-state index contributed by atoms with van der Waals surface area (Å²) in [5.74, 6) is 0.